The molecule has 0 aliphatic carbocycles. The van der Waals surface area contributed by atoms with Crippen molar-refractivity contribution in [1.82, 2.24) is 14.2 Å². The highest BCUT2D eigenvalue weighted by Crippen LogP contribution is 2.27. The molecule has 1 aliphatic heterocycles. The molecule has 1 amide bonds. The van der Waals surface area contributed by atoms with Gasteiger partial charge >= 0.3 is 5.97 Å². The van der Waals surface area contributed by atoms with E-state index in [0.29, 0.717) is 31.3 Å². The molecule has 1 aliphatic rings. The number of hydrogen-bond donors (Lipinski definition) is 1. The quantitative estimate of drug-likeness (QED) is 0.313. The summed E-state index contributed by atoms with van der Waals surface area (Å²) in [5.41, 5.74) is 3.90. The molecule has 2 heterocycles. The molecule has 3 aromatic carbocycles. The second-order valence-corrected chi connectivity index (χ2v) is 12.1. The molecule has 206 valence electrons. The Kier molecular flexibility index (Phi) is 8.36. The van der Waals surface area contributed by atoms with E-state index in [2.05, 4.69) is 15.2 Å². The van der Waals surface area contributed by atoms with Crippen LogP contribution in [0.25, 0.3) is 22.4 Å². The maximum absolute atomic E-state index is 13.0. The number of amides is 1. The van der Waals surface area contributed by atoms with E-state index in [1.165, 1.54) is 39.9 Å². The summed E-state index contributed by atoms with van der Waals surface area (Å²) in [5, 5.41) is 4.86. The fraction of sp³-hybridized carbons (Fsp3) is 0.207. The highest BCUT2D eigenvalue weighted by Gasteiger charge is 2.28. The number of esters is 1. The molecule has 9 nitrogen and oxygen atoms in total. The van der Waals surface area contributed by atoms with Crippen LogP contribution in [0.15, 0.2) is 89.1 Å². The Labute approximate surface area is 237 Å². The van der Waals surface area contributed by atoms with E-state index in [4.69, 9.17) is 4.74 Å². The van der Waals surface area contributed by atoms with Crippen LogP contribution in [-0.4, -0.2) is 74.3 Å². The predicted octanol–water partition coefficient (Wildman–Crippen LogP) is 4.21. The molecule has 1 saturated heterocycles. The van der Waals surface area contributed by atoms with Crippen molar-refractivity contribution in [2.75, 3.05) is 45.2 Å². The average Bonchev–Trinajstić information content (AvgIpc) is 3.45. The molecule has 0 saturated carbocycles. The van der Waals surface area contributed by atoms with Crippen LogP contribution in [0.5, 0.6) is 0 Å². The van der Waals surface area contributed by atoms with Crippen molar-refractivity contribution in [2.24, 2.45) is 0 Å². The van der Waals surface area contributed by atoms with Crippen molar-refractivity contribution in [3.05, 3.63) is 89.8 Å². The molecule has 1 N–H and O–H groups in total. The van der Waals surface area contributed by atoms with E-state index in [-0.39, 0.29) is 10.5 Å². The number of likely N-dealkylation sites (N-methyl/N-ethyl adjacent to an activating group) is 1. The summed E-state index contributed by atoms with van der Waals surface area (Å²) in [6.07, 6.45) is 0. The Balaban J connectivity index is 1.16. The van der Waals surface area contributed by atoms with Gasteiger partial charge in [-0.1, -0.05) is 60.7 Å². The van der Waals surface area contributed by atoms with Crippen LogP contribution in [0.1, 0.15) is 10.4 Å². The number of nitrogens with one attached hydrogen (secondary N) is 1. The van der Waals surface area contributed by atoms with E-state index in [1.54, 1.807) is 0 Å². The van der Waals surface area contributed by atoms with Gasteiger partial charge in [0, 0.05) is 37.1 Å². The van der Waals surface area contributed by atoms with E-state index in [0.717, 1.165) is 22.4 Å². The number of anilines is 1. The number of piperazine rings is 1. The number of aromatic nitrogens is 1. The number of rotatable bonds is 8. The Morgan fingerprint density at radius 1 is 0.900 bits per heavy atom. The zero-order valence-corrected chi connectivity index (χ0v) is 23.5. The topological polar surface area (TPSA) is 109 Å². The highest BCUT2D eigenvalue weighted by atomic mass is 32.2. The molecule has 5 rings (SSSR count). The monoisotopic (exact) mass is 576 g/mol. The summed E-state index contributed by atoms with van der Waals surface area (Å²) in [6.45, 7) is 1.50. The molecule has 40 heavy (non-hydrogen) atoms. The smallest absolute Gasteiger partial charge is 0.338 e. The Morgan fingerprint density at radius 3 is 2.30 bits per heavy atom. The third-order valence-corrected chi connectivity index (χ3v) is 9.19. The summed E-state index contributed by atoms with van der Waals surface area (Å²) in [5.74, 6) is -1.33. The zero-order valence-electron chi connectivity index (χ0n) is 21.8. The summed E-state index contributed by atoms with van der Waals surface area (Å²) in [6, 6.07) is 23.7. The van der Waals surface area contributed by atoms with Crippen molar-refractivity contribution in [3.8, 4) is 22.4 Å². The van der Waals surface area contributed by atoms with Crippen LogP contribution in [0, 0.1) is 0 Å². The number of hydrogen-bond acceptors (Lipinski definition) is 8. The number of carbonyl (C=O) groups is 2. The summed E-state index contributed by atoms with van der Waals surface area (Å²) in [7, 11) is -1.80. The van der Waals surface area contributed by atoms with E-state index >= 15 is 0 Å². The predicted molar refractivity (Wildman–Crippen MR) is 155 cm³/mol. The minimum absolute atomic E-state index is 0.0167. The second kappa shape index (κ2) is 12.1. The molecule has 0 spiro atoms. The van der Waals surface area contributed by atoms with Crippen molar-refractivity contribution in [3.63, 3.8) is 0 Å². The SMILES string of the molecule is CN1CCN(S(=O)(=O)c2cccc(C(=O)OCC(=O)Nc3nc(-c4ccc(-c5ccccc5)cc4)cs3)c2)CC1. The van der Waals surface area contributed by atoms with Gasteiger partial charge in [-0.2, -0.15) is 4.31 Å². The van der Waals surface area contributed by atoms with Gasteiger partial charge in [-0.05, 0) is 36.4 Å². The van der Waals surface area contributed by atoms with E-state index in [9.17, 15) is 18.0 Å². The van der Waals surface area contributed by atoms with Crippen LogP contribution < -0.4 is 5.32 Å². The minimum Gasteiger partial charge on any atom is -0.452 e. The van der Waals surface area contributed by atoms with Crippen molar-refractivity contribution in [1.29, 1.82) is 0 Å². The Morgan fingerprint density at radius 2 is 1.57 bits per heavy atom. The van der Waals surface area contributed by atoms with Crippen LogP contribution >= 0.6 is 11.3 Å². The van der Waals surface area contributed by atoms with Gasteiger partial charge in [0.05, 0.1) is 16.2 Å². The van der Waals surface area contributed by atoms with Crippen LogP contribution in [-0.2, 0) is 19.6 Å². The molecule has 11 heteroatoms. The number of benzene rings is 3. The Hall–Kier alpha value is -3.90. The number of sulfonamides is 1. The number of carbonyl (C=O) groups excluding carboxylic acids is 2. The van der Waals surface area contributed by atoms with Crippen LogP contribution in [0.4, 0.5) is 5.13 Å². The first-order chi connectivity index (χ1) is 19.3. The first-order valence-electron chi connectivity index (χ1n) is 12.7. The number of ether oxygens (including phenoxy) is 1. The lowest BCUT2D eigenvalue weighted by Crippen LogP contribution is -2.47. The van der Waals surface area contributed by atoms with Gasteiger partial charge in [0.25, 0.3) is 5.91 Å². The highest BCUT2D eigenvalue weighted by molar-refractivity contribution is 7.89. The van der Waals surface area contributed by atoms with E-state index in [1.807, 2.05) is 67.0 Å². The average molecular weight is 577 g/mol. The fourth-order valence-corrected chi connectivity index (χ4v) is 6.46. The lowest BCUT2D eigenvalue weighted by molar-refractivity contribution is -0.119. The third kappa shape index (κ3) is 6.45. The molecular weight excluding hydrogens is 548 g/mol. The molecule has 0 atom stereocenters. The first kappa shape index (κ1) is 27.7. The van der Waals surface area contributed by atoms with Gasteiger partial charge in [0.15, 0.2) is 11.7 Å². The van der Waals surface area contributed by atoms with Gasteiger partial charge in [-0.25, -0.2) is 18.2 Å². The largest absolute Gasteiger partial charge is 0.452 e. The lowest BCUT2D eigenvalue weighted by atomic mass is 10.0. The summed E-state index contributed by atoms with van der Waals surface area (Å²) >= 11 is 1.26. The van der Waals surface area contributed by atoms with E-state index < -0.39 is 28.5 Å². The molecule has 1 aromatic heterocycles. The zero-order chi connectivity index (χ0) is 28.1. The maximum atomic E-state index is 13.0. The summed E-state index contributed by atoms with van der Waals surface area (Å²) in [4.78, 5) is 31.6. The van der Waals surface area contributed by atoms with Gasteiger partial charge in [-0.15, -0.1) is 11.3 Å². The maximum Gasteiger partial charge on any atom is 0.338 e. The number of thiazole rings is 1. The standard InChI is InChI=1S/C29H28N4O5S2/c1-32-14-16-33(17-15-32)40(36,37)25-9-5-8-24(18-25)28(35)38-19-27(34)31-29-30-26(20-39-29)23-12-10-22(11-13-23)21-6-3-2-4-7-21/h2-13,18,20H,14-17,19H2,1H3,(H,30,31,34). The molecule has 1 fully saturated rings. The molecule has 0 radical (unpaired) electrons. The number of nitrogens with zero attached hydrogens (tertiary/aromatic N) is 3. The van der Waals surface area contributed by atoms with Crippen molar-refractivity contribution >= 4 is 38.4 Å². The lowest BCUT2D eigenvalue weighted by Gasteiger charge is -2.31. The van der Waals surface area contributed by atoms with Gasteiger partial charge in [0.1, 0.15) is 0 Å². The first-order valence-corrected chi connectivity index (χ1v) is 15.0. The second-order valence-electron chi connectivity index (χ2n) is 9.34. The third-order valence-electron chi connectivity index (χ3n) is 6.54. The molecule has 0 unspecified atom stereocenters. The fourth-order valence-electron chi connectivity index (χ4n) is 4.26. The van der Waals surface area contributed by atoms with Crippen molar-refractivity contribution in [2.45, 2.75) is 4.90 Å². The molecule has 0 bridgehead atoms. The van der Waals surface area contributed by atoms with Gasteiger partial charge in [0.2, 0.25) is 10.0 Å². The van der Waals surface area contributed by atoms with Crippen LogP contribution in [0.2, 0.25) is 0 Å². The van der Waals surface area contributed by atoms with Crippen LogP contribution in [0.3, 0.4) is 0 Å². The Bertz CT molecular complexity index is 1600. The molecule has 4 aromatic rings. The normalized spacial score (nSPS) is 14.5. The van der Waals surface area contributed by atoms with Gasteiger partial charge in [-0.3, -0.25) is 10.1 Å². The van der Waals surface area contributed by atoms with Gasteiger partial charge < -0.3 is 9.64 Å². The molecular formula is C29H28N4O5S2. The minimum atomic E-state index is -3.74. The summed E-state index contributed by atoms with van der Waals surface area (Å²) < 4.78 is 32.6. The van der Waals surface area contributed by atoms with Crippen molar-refractivity contribution < 1.29 is 22.7 Å².